The van der Waals surface area contributed by atoms with E-state index in [0.717, 1.165) is 30.9 Å². The third kappa shape index (κ3) is 3.95. The lowest BCUT2D eigenvalue weighted by molar-refractivity contribution is 0.830. The first-order chi connectivity index (χ1) is 9.81. The maximum atomic E-state index is 8.88. The van der Waals surface area contributed by atoms with Crippen molar-refractivity contribution in [3.05, 3.63) is 42.2 Å². The maximum Gasteiger partial charge on any atom is 0.135 e. The van der Waals surface area contributed by atoms with Crippen LogP contribution < -0.4 is 10.6 Å². The van der Waals surface area contributed by atoms with Gasteiger partial charge >= 0.3 is 0 Å². The molecule has 0 aliphatic heterocycles. The molecule has 102 valence electrons. The van der Waals surface area contributed by atoms with Gasteiger partial charge in [-0.2, -0.15) is 5.26 Å². The molecule has 5 heteroatoms. The minimum atomic E-state index is 0.616. The fourth-order valence-corrected chi connectivity index (χ4v) is 1.73. The summed E-state index contributed by atoms with van der Waals surface area (Å²) in [5.74, 6) is 1.50. The van der Waals surface area contributed by atoms with Crippen LogP contribution >= 0.6 is 0 Å². The molecule has 0 saturated heterocycles. The molecule has 0 saturated carbocycles. The van der Waals surface area contributed by atoms with E-state index in [-0.39, 0.29) is 0 Å². The number of anilines is 3. The van der Waals surface area contributed by atoms with Gasteiger partial charge in [-0.1, -0.05) is 19.4 Å². The number of hydrogen-bond donors (Lipinski definition) is 2. The van der Waals surface area contributed by atoms with Crippen LogP contribution in [0.25, 0.3) is 0 Å². The molecular weight excluding hydrogens is 250 g/mol. The fourth-order valence-electron chi connectivity index (χ4n) is 1.73. The van der Waals surface area contributed by atoms with Gasteiger partial charge in [0, 0.05) is 18.3 Å². The molecule has 1 aromatic heterocycles. The van der Waals surface area contributed by atoms with E-state index >= 15 is 0 Å². The summed E-state index contributed by atoms with van der Waals surface area (Å²) in [7, 11) is 0. The van der Waals surface area contributed by atoms with Crippen molar-refractivity contribution >= 4 is 17.3 Å². The number of hydrogen-bond acceptors (Lipinski definition) is 5. The maximum absolute atomic E-state index is 8.88. The summed E-state index contributed by atoms with van der Waals surface area (Å²) in [5, 5.41) is 15.3. The molecule has 0 fully saturated rings. The molecule has 0 bridgehead atoms. The average Bonchev–Trinajstić information content (AvgIpc) is 2.48. The second-order valence-electron chi connectivity index (χ2n) is 4.39. The smallest absolute Gasteiger partial charge is 0.135 e. The number of nitriles is 1. The summed E-state index contributed by atoms with van der Waals surface area (Å²) < 4.78 is 0. The van der Waals surface area contributed by atoms with Crippen LogP contribution in [0.15, 0.2) is 36.7 Å². The van der Waals surface area contributed by atoms with Gasteiger partial charge in [0.1, 0.15) is 18.0 Å². The molecule has 1 aromatic carbocycles. The Morgan fingerprint density at radius 1 is 1.20 bits per heavy atom. The minimum absolute atomic E-state index is 0.616. The number of nitrogens with one attached hydrogen (secondary N) is 2. The molecule has 1 heterocycles. The van der Waals surface area contributed by atoms with Crippen molar-refractivity contribution in [3.8, 4) is 6.07 Å². The lowest BCUT2D eigenvalue weighted by Crippen LogP contribution is -2.04. The number of benzene rings is 1. The second kappa shape index (κ2) is 7.10. The highest BCUT2D eigenvalue weighted by Gasteiger charge is 2.00. The molecule has 0 aliphatic carbocycles. The predicted octanol–water partition coefficient (Wildman–Crippen LogP) is 3.30. The summed E-state index contributed by atoms with van der Waals surface area (Å²) in [6.07, 6.45) is 3.77. The summed E-state index contributed by atoms with van der Waals surface area (Å²) in [6, 6.07) is 11.3. The fraction of sp³-hybridized carbons (Fsp3) is 0.267. The molecule has 0 atom stereocenters. The zero-order chi connectivity index (χ0) is 14.2. The van der Waals surface area contributed by atoms with Gasteiger partial charge in [-0.3, -0.25) is 0 Å². The zero-order valence-electron chi connectivity index (χ0n) is 11.4. The van der Waals surface area contributed by atoms with Gasteiger partial charge < -0.3 is 10.6 Å². The van der Waals surface area contributed by atoms with Crippen LogP contribution in [0.5, 0.6) is 0 Å². The molecule has 0 spiro atoms. The van der Waals surface area contributed by atoms with Gasteiger partial charge in [0.15, 0.2) is 0 Å². The molecule has 0 aliphatic rings. The van der Waals surface area contributed by atoms with E-state index in [1.54, 1.807) is 12.1 Å². The molecule has 2 rings (SSSR count). The molecule has 0 amide bonds. The molecular formula is C15H17N5. The van der Waals surface area contributed by atoms with Crippen molar-refractivity contribution in [2.24, 2.45) is 0 Å². The zero-order valence-corrected chi connectivity index (χ0v) is 11.4. The van der Waals surface area contributed by atoms with Crippen molar-refractivity contribution in [1.82, 2.24) is 9.97 Å². The number of nitrogens with zero attached hydrogens (tertiary/aromatic N) is 3. The van der Waals surface area contributed by atoms with E-state index in [2.05, 4.69) is 33.6 Å². The Bertz CT molecular complexity index is 603. The second-order valence-corrected chi connectivity index (χ2v) is 4.39. The van der Waals surface area contributed by atoms with Crippen molar-refractivity contribution in [1.29, 1.82) is 5.26 Å². The molecule has 2 N–H and O–H groups in total. The third-order valence-corrected chi connectivity index (χ3v) is 2.77. The van der Waals surface area contributed by atoms with E-state index in [0.29, 0.717) is 11.4 Å². The summed E-state index contributed by atoms with van der Waals surface area (Å²) >= 11 is 0. The SMILES string of the molecule is CCCCNc1cc(Nc2cccc(C#N)c2)ncn1. The van der Waals surface area contributed by atoms with Crippen LogP contribution in [0.4, 0.5) is 17.3 Å². The Labute approximate surface area is 118 Å². The molecule has 2 aromatic rings. The predicted molar refractivity (Wildman–Crippen MR) is 79.9 cm³/mol. The van der Waals surface area contributed by atoms with Crippen LogP contribution in [-0.2, 0) is 0 Å². The molecule has 0 radical (unpaired) electrons. The van der Waals surface area contributed by atoms with E-state index in [1.807, 2.05) is 18.2 Å². The van der Waals surface area contributed by atoms with Crippen molar-refractivity contribution in [3.63, 3.8) is 0 Å². The number of rotatable bonds is 6. The van der Waals surface area contributed by atoms with Crippen LogP contribution in [0.2, 0.25) is 0 Å². The molecule has 5 nitrogen and oxygen atoms in total. The van der Waals surface area contributed by atoms with Crippen molar-refractivity contribution < 1.29 is 0 Å². The van der Waals surface area contributed by atoms with Crippen LogP contribution in [0.3, 0.4) is 0 Å². The van der Waals surface area contributed by atoms with Gasteiger partial charge in [-0.05, 0) is 24.6 Å². The van der Waals surface area contributed by atoms with Gasteiger partial charge in [0.05, 0.1) is 11.6 Å². The van der Waals surface area contributed by atoms with E-state index in [4.69, 9.17) is 5.26 Å². The Kier molecular flexibility index (Phi) is 4.90. The lowest BCUT2D eigenvalue weighted by Gasteiger charge is -2.08. The highest BCUT2D eigenvalue weighted by atomic mass is 15.1. The average molecular weight is 267 g/mol. The summed E-state index contributed by atoms with van der Waals surface area (Å²) in [4.78, 5) is 8.35. The first kappa shape index (κ1) is 13.8. The number of unbranched alkanes of at least 4 members (excludes halogenated alkanes) is 1. The van der Waals surface area contributed by atoms with Crippen LogP contribution in [0.1, 0.15) is 25.3 Å². The van der Waals surface area contributed by atoms with Gasteiger partial charge in [0.25, 0.3) is 0 Å². The first-order valence-corrected chi connectivity index (χ1v) is 6.65. The summed E-state index contributed by atoms with van der Waals surface area (Å²) in [5.41, 5.74) is 1.45. The standard InChI is InChI=1S/C15H17N5/c1-2-3-7-17-14-9-15(19-11-18-14)20-13-6-4-5-12(8-13)10-16/h4-6,8-9,11H,2-3,7H2,1H3,(H2,17,18,19,20). The van der Waals surface area contributed by atoms with Gasteiger partial charge in [0.2, 0.25) is 0 Å². The van der Waals surface area contributed by atoms with Crippen LogP contribution in [-0.4, -0.2) is 16.5 Å². The lowest BCUT2D eigenvalue weighted by atomic mass is 10.2. The third-order valence-electron chi connectivity index (χ3n) is 2.77. The highest BCUT2D eigenvalue weighted by Crippen LogP contribution is 2.17. The van der Waals surface area contributed by atoms with Gasteiger partial charge in [-0.15, -0.1) is 0 Å². The van der Waals surface area contributed by atoms with Gasteiger partial charge in [-0.25, -0.2) is 9.97 Å². The van der Waals surface area contributed by atoms with Crippen LogP contribution in [0, 0.1) is 11.3 Å². The van der Waals surface area contributed by atoms with Crippen molar-refractivity contribution in [2.75, 3.05) is 17.2 Å². The topological polar surface area (TPSA) is 73.6 Å². The summed E-state index contributed by atoms with van der Waals surface area (Å²) in [6.45, 7) is 3.05. The quantitative estimate of drug-likeness (QED) is 0.785. The van der Waals surface area contributed by atoms with Crippen molar-refractivity contribution in [2.45, 2.75) is 19.8 Å². The highest BCUT2D eigenvalue weighted by molar-refractivity contribution is 5.60. The first-order valence-electron chi connectivity index (χ1n) is 6.65. The Hall–Kier alpha value is -2.61. The Morgan fingerprint density at radius 3 is 2.85 bits per heavy atom. The monoisotopic (exact) mass is 267 g/mol. The normalized spacial score (nSPS) is 9.80. The van der Waals surface area contributed by atoms with E-state index in [9.17, 15) is 0 Å². The Balaban J connectivity index is 2.05. The largest absolute Gasteiger partial charge is 0.370 e. The van der Waals surface area contributed by atoms with E-state index in [1.165, 1.54) is 6.33 Å². The molecule has 20 heavy (non-hydrogen) atoms. The Morgan fingerprint density at radius 2 is 2.05 bits per heavy atom. The minimum Gasteiger partial charge on any atom is -0.370 e. The number of aromatic nitrogens is 2. The van der Waals surface area contributed by atoms with E-state index < -0.39 is 0 Å². The molecule has 0 unspecified atom stereocenters.